The first-order valence-electron chi connectivity index (χ1n) is 8.23. The summed E-state index contributed by atoms with van der Waals surface area (Å²) in [5.74, 6) is 1.04. The number of ether oxygens (including phenoxy) is 1. The molecule has 23 heavy (non-hydrogen) atoms. The Morgan fingerprint density at radius 1 is 1.30 bits per heavy atom. The molecule has 0 spiro atoms. The van der Waals surface area contributed by atoms with Gasteiger partial charge in [-0.3, -0.25) is 0 Å². The summed E-state index contributed by atoms with van der Waals surface area (Å²) in [7, 11) is 1.81. The van der Waals surface area contributed by atoms with E-state index in [1.807, 2.05) is 24.9 Å². The van der Waals surface area contributed by atoms with E-state index in [1.165, 1.54) is 0 Å². The van der Waals surface area contributed by atoms with Crippen LogP contribution in [0, 0.1) is 5.92 Å². The summed E-state index contributed by atoms with van der Waals surface area (Å²) >= 11 is 0. The smallest absolute Gasteiger partial charge is 0.318 e. The van der Waals surface area contributed by atoms with Gasteiger partial charge in [-0.05, 0) is 25.5 Å². The van der Waals surface area contributed by atoms with Crippen LogP contribution in [0.3, 0.4) is 0 Å². The van der Waals surface area contributed by atoms with Crippen molar-refractivity contribution in [1.29, 1.82) is 0 Å². The number of carbonyl (C=O) groups is 1. The molecule has 0 bridgehead atoms. The van der Waals surface area contributed by atoms with Crippen molar-refractivity contribution < 1.29 is 9.53 Å². The lowest BCUT2D eigenvalue weighted by molar-refractivity contribution is 0.0541. The molecule has 0 saturated carbocycles. The molecule has 3 heterocycles. The van der Waals surface area contributed by atoms with E-state index in [2.05, 4.69) is 34.7 Å². The number of anilines is 1. The van der Waals surface area contributed by atoms with Gasteiger partial charge in [0.2, 0.25) is 0 Å². The van der Waals surface area contributed by atoms with Crippen LogP contribution in [-0.2, 0) is 17.7 Å². The molecule has 1 aromatic rings. The highest BCUT2D eigenvalue weighted by Crippen LogP contribution is 2.27. The van der Waals surface area contributed by atoms with Gasteiger partial charge >= 0.3 is 6.03 Å². The second-order valence-corrected chi connectivity index (χ2v) is 6.50. The van der Waals surface area contributed by atoms with Crippen LogP contribution in [-0.4, -0.2) is 53.0 Å². The lowest BCUT2D eigenvalue weighted by Gasteiger charge is -2.30. The van der Waals surface area contributed by atoms with Crippen LogP contribution in [0.4, 0.5) is 10.6 Å². The fourth-order valence-electron chi connectivity index (χ4n) is 3.37. The van der Waals surface area contributed by atoms with Crippen molar-refractivity contribution >= 4 is 11.8 Å². The van der Waals surface area contributed by atoms with Crippen LogP contribution < -0.4 is 10.6 Å². The van der Waals surface area contributed by atoms with Crippen LogP contribution in [0.15, 0.2) is 6.07 Å². The van der Waals surface area contributed by atoms with Crippen molar-refractivity contribution in [2.24, 2.45) is 5.92 Å². The lowest BCUT2D eigenvalue weighted by Crippen LogP contribution is -2.50. The Morgan fingerprint density at radius 2 is 2.09 bits per heavy atom. The van der Waals surface area contributed by atoms with E-state index in [9.17, 15) is 4.79 Å². The number of urea groups is 1. The molecule has 4 atom stereocenters. The maximum absolute atomic E-state index is 12.6. The molecule has 2 aliphatic rings. The van der Waals surface area contributed by atoms with Gasteiger partial charge in [0.25, 0.3) is 0 Å². The summed E-state index contributed by atoms with van der Waals surface area (Å²) < 4.78 is 5.80. The van der Waals surface area contributed by atoms with Crippen molar-refractivity contribution in [1.82, 2.24) is 20.4 Å². The molecular formula is C16H25N5O2. The number of amides is 2. The van der Waals surface area contributed by atoms with Gasteiger partial charge < -0.3 is 20.3 Å². The normalized spacial score (nSPS) is 30.0. The van der Waals surface area contributed by atoms with Crippen molar-refractivity contribution in [2.75, 3.05) is 18.9 Å². The molecule has 7 nitrogen and oxygen atoms in total. The third-order valence-electron chi connectivity index (χ3n) is 5.02. The van der Waals surface area contributed by atoms with E-state index in [0.717, 1.165) is 23.5 Å². The zero-order valence-electron chi connectivity index (χ0n) is 14.2. The summed E-state index contributed by atoms with van der Waals surface area (Å²) in [4.78, 5) is 14.5. The topological polar surface area (TPSA) is 79.4 Å². The van der Waals surface area contributed by atoms with E-state index in [4.69, 9.17) is 4.74 Å². The predicted octanol–water partition coefficient (Wildman–Crippen LogP) is 1.40. The number of nitrogens with zero attached hydrogens (tertiary/aromatic N) is 3. The maximum Gasteiger partial charge on any atom is 0.318 e. The van der Waals surface area contributed by atoms with Gasteiger partial charge in [-0.25, -0.2) is 4.79 Å². The number of aromatic nitrogens is 2. The number of hydrogen-bond donors (Lipinski definition) is 2. The fraction of sp³-hybridized carbons (Fsp3) is 0.688. The molecular weight excluding hydrogens is 294 g/mol. The van der Waals surface area contributed by atoms with Gasteiger partial charge in [-0.15, -0.1) is 5.10 Å². The van der Waals surface area contributed by atoms with Crippen molar-refractivity contribution in [2.45, 2.75) is 52.0 Å². The number of hydrogen-bond acceptors (Lipinski definition) is 5. The minimum atomic E-state index is -0.0279. The van der Waals surface area contributed by atoms with Gasteiger partial charge in [-0.2, -0.15) is 5.10 Å². The summed E-state index contributed by atoms with van der Waals surface area (Å²) in [6.07, 6.45) is 0.955. The number of fused-ring (bicyclic) bond motifs is 1. The summed E-state index contributed by atoms with van der Waals surface area (Å²) in [5, 5.41) is 14.5. The highest BCUT2D eigenvalue weighted by Gasteiger charge is 2.38. The summed E-state index contributed by atoms with van der Waals surface area (Å²) in [6, 6.07) is 2.00. The minimum Gasteiger partial charge on any atom is -0.373 e. The summed E-state index contributed by atoms with van der Waals surface area (Å²) in [5.41, 5.74) is 2.04. The van der Waals surface area contributed by atoms with Gasteiger partial charge in [0, 0.05) is 32.5 Å². The highest BCUT2D eigenvalue weighted by molar-refractivity contribution is 5.75. The average Bonchev–Trinajstić information content (AvgIpc) is 2.80. The molecule has 7 heteroatoms. The third-order valence-corrected chi connectivity index (χ3v) is 5.02. The molecule has 2 N–H and O–H groups in total. The zero-order chi connectivity index (χ0) is 16.6. The molecule has 1 aromatic heterocycles. The van der Waals surface area contributed by atoms with E-state index in [0.29, 0.717) is 19.0 Å². The lowest BCUT2D eigenvalue weighted by atomic mass is 9.97. The molecule has 3 rings (SSSR count). The fourth-order valence-corrected chi connectivity index (χ4v) is 3.37. The van der Waals surface area contributed by atoms with Gasteiger partial charge in [0.15, 0.2) is 0 Å². The number of nitrogens with one attached hydrogen (secondary N) is 2. The maximum atomic E-state index is 12.6. The van der Waals surface area contributed by atoms with Gasteiger partial charge in [0.1, 0.15) is 5.82 Å². The van der Waals surface area contributed by atoms with E-state index >= 15 is 0 Å². The van der Waals surface area contributed by atoms with E-state index in [-0.39, 0.29) is 24.3 Å². The monoisotopic (exact) mass is 319 g/mol. The molecule has 1 fully saturated rings. The second kappa shape index (κ2) is 6.31. The van der Waals surface area contributed by atoms with Crippen LogP contribution in [0.1, 0.15) is 32.0 Å². The first-order valence-corrected chi connectivity index (χ1v) is 8.23. The Morgan fingerprint density at radius 3 is 2.74 bits per heavy atom. The first-order chi connectivity index (χ1) is 11.0. The van der Waals surface area contributed by atoms with Crippen molar-refractivity contribution in [3.8, 4) is 0 Å². The average molecular weight is 319 g/mol. The molecule has 126 valence electrons. The van der Waals surface area contributed by atoms with Gasteiger partial charge in [-0.1, -0.05) is 6.92 Å². The summed E-state index contributed by atoms with van der Waals surface area (Å²) in [6.45, 7) is 7.43. The standard InChI is InChI=1S/C16H25N5O2/c1-9-10(2)23-11(3)15(9)18-16(22)21-6-5-13-12(8-21)7-14(17-4)20-19-13/h7,9-11,15H,5-6,8H2,1-4H3,(H,17,20)(H,18,22). The minimum absolute atomic E-state index is 0.0279. The number of carbonyl (C=O) groups excluding carboxylic acids is 1. The molecule has 0 radical (unpaired) electrons. The highest BCUT2D eigenvalue weighted by atomic mass is 16.5. The van der Waals surface area contributed by atoms with Gasteiger partial charge in [0.05, 0.1) is 23.9 Å². The van der Waals surface area contributed by atoms with Crippen LogP contribution in [0.2, 0.25) is 0 Å². The molecule has 0 aliphatic carbocycles. The third kappa shape index (κ3) is 3.10. The molecule has 4 unspecified atom stereocenters. The van der Waals surface area contributed by atoms with E-state index < -0.39 is 0 Å². The van der Waals surface area contributed by atoms with Crippen LogP contribution in [0.25, 0.3) is 0 Å². The zero-order valence-corrected chi connectivity index (χ0v) is 14.2. The largest absolute Gasteiger partial charge is 0.373 e. The predicted molar refractivity (Wildman–Crippen MR) is 87.2 cm³/mol. The molecule has 2 aliphatic heterocycles. The van der Waals surface area contributed by atoms with Crippen molar-refractivity contribution in [3.63, 3.8) is 0 Å². The molecule has 0 aromatic carbocycles. The Bertz CT molecular complexity index is 594. The Hall–Kier alpha value is -1.89. The van der Waals surface area contributed by atoms with Crippen LogP contribution >= 0.6 is 0 Å². The quantitative estimate of drug-likeness (QED) is 0.861. The SMILES string of the molecule is CNc1cc2c(nn1)CCN(C(=O)NC1C(C)OC(C)C1C)C2. The van der Waals surface area contributed by atoms with Crippen molar-refractivity contribution in [3.05, 3.63) is 17.3 Å². The van der Waals surface area contributed by atoms with Crippen LogP contribution in [0.5, 0.6) is 0 Å². The Balaban J connectivity index is 1.67. The Labute approximate surface area is 136 Å². The Kier molecular flexibility index (Phi) is 4.39. The number of rotatable bonds is 2. The first kappa shape index (κ1) is 16.0. The van der Waals surface area contributed by atoms with E-state index in [1.54, 1.807) is 0 Å². The molecule has 2 amide bonds. The second-order valence-electron chi connectivity index (χ2n) is 6.50. The molecule has 1 saturated heterocycles.